The number of rotatable bonds is 10. The minimum absolute atomic E-state index is 0.0463. The first kappa shape index (κ1) is 26.2. The van der Waals surface area contributed by atoms with Gasteiger partial charge in [0.2, 0.25) is 5.91 Å². The SMILES string of the molecule is CCc1ccc(OC2CCN(CCCOc3cc(OC)c(Cl)cc3NC(C)=O)CC2(C)C)cc1. The highest BCUT2D eigenvalue weighted by Crippen LogP contribution is 2.36. The fraction of sp³-hybridized carbons (Fsp3) is 0.519. The van der Waals surface area contributed by atoms with Gasteiger partial charge in [0.15, 0.2) is 0 Å². The highest BCUT2D eigenvalue weighted by atomic mass is 35.5. The van der Waals surface area contributed by atoms with E-state index in [2.05, 4.69) is 55.3 Å². The number of likely N-dealkylation sites (tertiary alicyclic amines) is 1. The Balaban J connectivity index is 1.50. The first-order valence-electron chi connectivity index (χ1n) is 12.0. The number of carbonyl (C=O) groups is 1. The van der Waals surface area contributed by atoms with E-state index in [4.69, 9.17) is 25.8 Å². The third-order valence-corrected chi connectivity index (χ3v) is 6.56. The summed E-state index contributed by atoms with van der Waals surface area (Å²) in [5.74, 6) is 1.84. The van der Waals surface area contributed by atoms with E-state index in [1.54, 1.807) is 19.2 Å². The highest BCUT2D eigenvalue weighted by Gasteiger charge is 2.37. The number of hydrogen-bond donors (Lipinski definition) is 1. The lowest BCUT2D eigenvalue weighted by atomic mass is 9.81. The maximum absolute atomic E-state index is 11.5. The molecule has 1 N–H and O–H groups in total. The van der Waals surface area contributed by atoms with Gasteiger partial charge in [-0.25, -0.2) is 0 Å². The van der Waals surface area contributed by atoms with Gasteiger partial charge in [-0.15, -0.1) is 0 Å². The molecule has 0 aliphatic carbocycles. The Kier molecular flexibility index (Phi) is 9.09. The van der Waals surface area contributed by atoms with Crippen LogP contribution in [0.3, 0.4) is 0 Å². The molecule has 2 aromatic carbocycles. The van der Waals surface area contributed by atoms with Crippen molar-refractivity contribution in [3.05, 3.63) is 47.0 Å². The fourth-order valence-electron chi connectivity index (χ4n) is 4.39. The zero-order chi connectivity index (χ0) is 24.7. The Hall–Kier alpha value is -2.44. The number of methoxy groups -OCH3 is 1. The molecule has 0 aromatic heterocycles. The molecule has 0 spiro atoms. The van der Waals surface area contributed by atoms with Crippen molar-refractivity contribution < 1.29 is 19.0 Å². The Labute approximate surface area is 208 Å². The molecular weight excluding hydrogens is 452 g/mol. The number of aryl methyl sites for hydroxylation is 1. The summed E-state index contributed by atoms with van der Waals surface area (Å²) in [6, 6.07) is 11.8. The minimum atomic E-state index is -0.181. The topological polar surface area (TPSA) is 60.0 Å². The highest BCUT2D eigenvalue weighted by molar-refractivity contribution is 6.32. The lowest BCUT2D eigenvalue weighted by Gasteiger charge is -2.44. The van der Waals surface area contributed by atoms with Crippen molar-refractivity contribution in [3.8, 4) is 17.2 Å². The van der Waals surface area contributed by atoms with Crippen LogP contribution in [0.25, 0.3) is 0 Å². The third-order valence-electron chi connectivity index (χ3n) is 6.26. The monoisotopic (exact) mass is 488 g/mol. The Morgan fingerprint density at radius 3 is 2.56 bits per heavy atom. The average molecular weight is 489 g/mol. The summed E-state index contributed by atoms with van der Waals surface area (Å²) >= 11 is 6.20. The molecule has 1 fully saturated rings. The molecule has 1 aliphatic heterocycles. The van der Waals surface area contributed by atoms with Gasteiger partial charge in [-0.2, -0.15) is 0 Å². The molecule has 1 amide bonds. The van der Waals surface area contributed by atoms with E-state index in [-0.39, 0.29) is 17.4 Å². The summed E-state index contributed by atoms with van der Waals surface area (Å²) in [7, 11) is 1.55. The van der Waals surface area contributed by atoms with Gasteiger partial charge >= 0.3 is 0 Å². The summed E-state index contributed by atoms with van der Waals surface area (Å²) in [6.45, 7) is 11.6. The van der Waals surface area contributed by atoms with Gasteiger partial charge in [0.05, 0.1) is 24.4 Å². The van der Waals surface area contributed by atoms with E-state index in [9.17, 15) is 4.79 Å². The van der Waals surface area contributed by atoms with E-state index in [1.165, 1.54) is 12.5 Å². The summed E-state index contributed by atoms with van der Waals surface area (Å²) in [5, 5.41) is 3.19. The van der Waals surface area contributed by atoms with E-state index in [0.717, 1.165) is 44.6 Å². The second-order valence-corrected chi connectivity index (χ2v) is 9.93. The normalized spacial score (nSPS) is 17.8. The lowest BCUT2D eigenvalue weighted by molar-refractivity contribution is -0.114. The molecule has 1 atom stereocenters. The molecule has 7 heteroatoms. The molecule has 34 heavy (non-hydrogen) atoms. The molecule has 186 valence electrons. The predicted octanol–water partition coefficient (Wildman–Crippen LogP) is 5.82. The number of carbonyl (C=O) groups excluding carboxylic acids is 1. The number of halogens is 1. The molecule has 2 aromatic rings. The number of benzene rings is 2. The van der Waals surface area contributed by atoms with Gasteiger partial charge in [0.1, 0.15) is 23.4 Å². The zero-order valence-electron chi connectivity index (χ0n) is 20.9. The van der Waals surface area contributed by atoms with Crippen LogP contribution in [-0.4, -0.2) is 50.3 Å². The van der Waals surface area contributed by atoms with Crippen molar-refractivity contribution in [3.63, 3.8) is 0 Å². The summed E-state index contributed by atoms with van der Waals surface area (Å²) in [4.78, 5) is 14.0. The number of piperidine rings is 1. The van der Waals surface area contributed by atoms with Crippen molar-refractivity contribution in [2.24, 2.45) is 5.41 Å². The van der Waals surface area contributed by atoms with Crippen LogP contribution < -0.4 is 19.5 Å². The van der Waals surface area contributed by atoms with Crippen LogP contribution >= 0.6 is 11.6 Å². The summed E-state index contributed by atoms with van der Waals surface area (Å²) in [5.41, 5.74) is 1.92. The molecule has 1 unspecified atom stereocenters. The molecule has 6 nitrogen and oxygen atoms in total. The van der Waals surface area contributed by atoms with Crippen molar-refractivity contribution in [2.75, 3.05) is 38.7 Å². The molecule has 1 aliphatic rings. The molecular formula is C27H37ClN2O4. The second kappa shape index (κ2) is 11.8. The van der Waals surface area contributed by atoms with E-state index < -0.39 is 0 Å². The van der Waals surface area contributed by atoms with Crippen LogP contribution in [0, 0.1) is 5.41 Å². The van der Waals surface area contributed by atoms with Gasteiger partial charge in [-0.3, -0.25) is 4.79 Å². The average Bonchev–Trinajstić information content (AvgIpc) is 2.79. The largest absolute Gasteiger partial charge is 0.495 e. The Bertz CT molecular complexity index is 962. The summed E-state index contributed by atoms with van der Waals surface area (Å²) < 4.78 is 17.7. The van der Waals surface area contributed by atoms with E-state index in [1.807, 2.05) is 0 Å². The second-order valence-electron chi connectivity index (χ2n) is 9.52. The van der Waals surface area contributed by atoms with E-state index in [0.29, 0.717) is 28.8 Å². The van der Waals surface area contributed by atoms with Gasteiger partial charge in [0.25, 0.3) is 0 Å². The van der Waals surface area contributed by atoms with Crippen LogP contribution in [0.4, 0.5) is 5.69 Å². The van der Waals surface area contributed by atoms with Crippen LogP contribution in [0.1, 0.15) is 46.1 Å². The van der Waals surface area contributed by atoms with Crippen molar-refractivity contribution in [1.29, 1.82) is 0 Å². The van der Waals surface area contributed by atoms with Crippen molar-refractivity contribution >= 4 is 23.2 Å². The first-order valence-corrected chi connectivity index (χ1v) is 12.4. The number of hydrogen-bond acceptors (Lipinski definition) is 5. The Morgan fingerprint density at radius 2 is 1.94 bits per heavy atom. The molecule has 0 radical (unpaired) electrons. The Morgan fingerprint density at radius 1 is 1.21 bits per heavy atom. The van der Waals surface area contributed by atoms with Crippen LogP contribution in [-0.2, 0) is 11.2 Å². The maximum atomic E-state index is 11.5. The molecule has 0 saturated carbocycles. The fourth-order valence-corrected chi connectivity index (χ4v) is 4.63. The van der Waals surface area contributed by atoms with Gasteiger partial charge in [-0.1, -0.05) is 44.5 Å². The van der Waals surface area contributed by atoms with Gasteiger partial charge in [-0.05, 0) is 43.0 Å². The van der Waals surface area contributed by atoms with Crippen LogP contribution in [0.5, 0.6) is 17.2 Å². The molecule has 1 saturated heterocycles. The van der Waals surface area contributed by atoms with Crippen molar-refractivity contribution in [2.45, 2.75) is 53.1 Å². The number of amides is 1. The van der Waals surface area contributed by atoms with E-state index >= 15 is 0 Å². The standard InChI is InChI=1S/C27H37ClN2O4/c1-6-20-8-10-21(11-9-20)34-26-12-14-30(18-27(26,3)4)13-7-15-33-25-17-24(32-5)22(28)16-23(25)29-19(2)31/h8-11,16-17,26H,6-7,12-15,18H2,1-5H3,(H,29,31). The van der Waals surface area contributed by atoms with Gasteiger partial charge < -0.3 is 24.4 Å². The van der Waals surface area contributed by atoms with Gasteiger partial charge in [0, 0.05) is 38.0 Å². The molecule has 3 rings (SSSR count). The number of nitrogens with zero attached hydrogens (tertiary/aromatic N) is 1. The quantitative estimate of drug-likeness (QED) is 0.427. The number of nitrogens with one attached hydrogen (secondary N) is 1. The van der Waals surface area contributed by atoms with Crippen LogP contribution in [0.15, 0.2) is 36.4 Å². The number of anilines is 1. The van der Waals surface area contributed by atoms with Crippen LogP contribution in [0.2, 0.25) is 5.02 Å². The molecule has 1 heterocycles. The number of ether oxygens (including phenoxy) is 3. The summed E-state index contributed by atoms with van der Waals surface area (Å²) in [6.07, 6.45) is 3.08. The molecule has 0 bridgehead atoms. The predicted molar refractivity (Wildman–Crippen MR) is 137 cm³/mol. The smallest absolute Gasteiger partial charge is 0.221 e. The zero-order valence-corrected chi connectivity index (χ0v) is 21.7. The third kappa shape index (κ3) is 7.03. The minimum Gasteiger partial charge on any atom is -0.495 e. The lowest BCUT2D eigenvalue weighted by Crippen LogP contribution is -2.51. The first-order chi connectivity index (χ1) is 16.2. The maximum Gasteiger partial charge on any atom is 0.221 e. The van der Waals surface area contributed by atoms with Crippen molar-refractivity contribution in [1.82, 2.24) is 4.90 Å².